The molecule has 29 heavy (non-hydrogen) atoms. The standard InChI is InChI=1S/C22H19Cl2N3.2ClH/c23-19-8-7-17(21(24)10-19)14-27-15-18(20-5-1-2-6-22(20)27)13-26-12-16-4-3-9-25-11-16;;/h1-11,15,26H,12-14H2;2*1H. The first-order valence-electron chi connectivity index (χ1n) is 8.81. The highest BCUT2D eigenvalue weighted by Crippen LogP contribution is 2.26. The highest BCUT2D eigenvalue weighted by Gasteiger charge is 2.10. The number of halogens is 4. The van der Waals surface area contributed by atoms with Crippen molar-refractivity contribution in [3.05, 3.63) is 99.9 Å². The van der Waals surface area contributed by atoms with Crippen LogP contribution in [-0.2, 0) is 19.6 Å². The van der Waals surface area contributed by atoms with Crippen LogP contribution in [-0.4, -0.2) is 9.55 Å². The summed E-state index contributed by atoms with van der Waals surface area (Å²) >= 11 is 12.4. The molecule has 2 aromatic carbocycles. The number of pyridine rings is 1. The second-order valence-corrected chi connectivity index (χ2v) is 7.34. The van der Waals surface area contributed by atoms with E-state index in [1.165, 1.54) is 22.0 Å². The van der Waals surface area contributed by atoms with Crippen molar-refractivity contribution in [1.29, 1.82) is 0 Å². The minimum atomic E-state index is 0. The Morgan fingerprint density at radius 1 is 0.897 bits per heavy atom. The third kappa shape index (κ3) is 5.65. The highest BCUT2D eigenvalue weighted by atomic mass is 35.5. The third-order valence-electron chi connectivity index (χ3n) is 4.59. The number of para-hydroxylation sites is 1. The molecule has 0 radical (unpaired) electrons. The van der Waals surface area contributed by atoms with Crippen molar-refractivity contribution in [2.24, 2.45) is 0 Å². The monoisotopic (exact) mass is 467 g/mol. The maximum atomic E-state index is 6.37. The summed E-state index contributed by atoms with van der Waals surface area (Å²) < 4.78 is 2.24. The second kappa shape index (κ2) is 10.9. The van der Waals surface area contributed by atoms with E-state index in [-0.39, 0.29) is 24.8 Å². The maximum absolute atomic E-state index is 6.37. The molecule has 0 aliphatic carbocycles. The van der Waals surface area contributed by atoms with Crippen LogP contribution < -0.4 is 5.32 Å². The molecule has 0 unspecified atom stereocenters. The number of fused-ring (bicyclic) bond motifs is 1. The minimum absolute atomic E-state index is 0. The van der Waals surface area contributed by atoms with Gasteiger partial charge in [-0.3, -0.25) is 4.98 Å². The van der Waals surface area contributed by atoms with Gasteiger partial charge in [0, 0.05) is 59.2 Å². The molecule has 2 heterocycles. The van der Waals surface area contributed by atoms with Crippen molar-refractivity contribution in [3.63, 3.8) is 0 Å². The molecule has 7 heteroatoms. The summed E-state index contributed by atoms with van der Waals surface area (Å²) in [5, 5.41) is 6.11. The van der Waals surface area contributed by atoms with Crippen LogP contribution in [0.15, 0.2) is 73.2 Å². The van der Waals surface area contributed by atoms with Gasteiger partial charge in [0.2, 0.25) is 0 Å². The van der Waals surface area contributed by atoms with E-state index in [4.69, 9.17) is 23.2 Å². The number of hydrogen-bond acceptors (Lipinski definition) is 2. The first-order valence-corrected chi connectivity index (χ1v) is 9.56. The zero-order valence-electron chi connectivity index (χ0n) is 15.5. The van der Waals surface area contributed by atoms with Crippen molar-refractivity contribution >= 4 is 58.9 Å². The third-order valence-corrected chi connectivity index (χ3v) is 5.18. The zero-order valence-corrected chi connectivity index (χ0v) is 18.7. The molecule has 1 N–H and O–H groups in total. The van der Waals surface area contributed by atoms with Crippen LogP contribution in [0.25, 0.3) is 10.9 Å². The molecule has 4 aromatic rings. The van der Waals surface area contributed by atoms with E-state index in [0.29, 0.717) is 16.6 Å². The van der Waals surface area contributed by atoms with Gasteiger partial charge < -0.3 is 9.88 Å². The molecule has 0 spiro atoms. The lowest BCUT2D eigenvalue weighted by atomic mass is 10.1. The van der Waals surface area contributed by atoms with Crippen molar-refractivity contribution in [1.82, 2.24) is 14.9 Å². The topological polar surface area (TPSA) is 29.9 Å². The Labute approximate surface area is 192 Å². The molecule has 3 nitrogen and oxygen atoms in total. The molecular weight excluding hydrogens is 448 g/mol. The van der Waals surface area contributed by atoms with Gasteiger partial charge >= 0.3 is 0 Å². The Hall–Kier alpha value is -1.75. The molecule has 2 aromatic heterocycles. The minimum Gasteiger partial charge on any atom is -0.343 e. The second-order valence-electron chi connectivity index (χ2n) is 6.50. The van der Waals surface area contributed by atoms with Gasteiger partial charge in [0.1, 0.15) is 0 Å². The highest BCUT2D eigenvalue weighted by molar-refractivity contribution is 6.35. The molecule has 0 aliphatic heterocycles. The maximum Gasteiger partial charge on any atom is 0.0491 e. The number of hydrogen-bond donors (Lipinski definition) is 1. The van der Waals surface area contributed by atoms with Gasteiger partial charge in [-0.25, -0.2) is 0 Å². The Morgan fingerprint density at radius 3 is 2.48 bits per heavy atom. The van der Waals surface area contributed by atoms with Crippen LogP contribution in [0.1, 0.15) is 16.7 Å². The lowest BCUT2D eigenvalue weighted by Gasteiger charge is -2.08. The quantitative estimate of drug-likeness (QED) is 0.348. The molecule has 0 bridgehead atoms. The summed E-state index contributed by atoms with van der Waals surface area (Å²) in [5.41, 5.74) is 4.69. The number of nitrogens with zero attached hydrogens (tertiary/aromatic N) is 2. The Bertz CT molecular complexity index is 1060. The Kier molecular flexibility index (Phi) is 8.81. The molecule has 0 saturated heterocycles. The molecule has 0 amide bonds. The van der Waals surface area contributed by atoms with Gasteiger partial charge in [-0.05, 0) is 41.0 Å². The fourth-order valence-electron chi connectivity index (χ4n) is 3.27. The molecule has 0 atom stereocenters. The van der Waals surface area contributed by atoms with E-state index in [2.05, 4.69) is 51.4 Å². The summed E-state index contributed by atoms with van der Waals surface area (Å²) in [6.07, 6.45) is 5.88. The normalized spacial score (nSPS) is 10.4. The fourth-order valence-corrected chi connectivity index (χ4v) is 3.74. The largest absolute Gasteiger partial charge is 0.343 e. The van der Waals surface area contributed by atoms with Crippen molar-refractivity contribution in [2.45, 2.75) is 19.6 Å². The average molecular weight is 469 g/mol. The Morgan fingerprint density at radius 2 is 1.72 bits per heavy atom. The van der Waals surface area contributed by atoms with Gasteiger partial charge in [-0.1, -0.05) is 53.5 Å². The number of aromatic nitrogens is 2. The van der Waals surface area contributed by atoms with Gasteiger partial charge in [0.15, 0.2) is 0 Å². The summed E-state index contributed by atoms with van der Waals surface area (Å²) in [5.74, 6) is 0. The van der Waals surface area contributed by atoms with Gasteiger partial charge in [0.05, 0.1) is 0 Å². The molecule has 0 fully saturated rings. The van der Waals surface area contributed by atoms with Crippen LogP contribution in [0, 0.1) is 0 Å². The van der Waals surface area contributed by atoms with Crippen LogP contribution >= 0.6 is 48.0 Å². The van der Waals surface area contributed by atoms with Gasteiger partial charge in [-0.15, -0.1) is 24.8 Å². The molecule has 0 saturated carbocycles. The number of nitrogens with one attached hydrogen (secondary N) is 1. The summed E-state index contributed by atoms with van der Waals surface area (Å²) in [6.45, 7) is 2.28. The first kappa shape index (κ1) is 23.5. The van der Waals surface area contributed by atoms with Crippen molar-refractivity contribution < 1.29 is 0 Å². The van der Waals surface area contributed by atoms with Crippen LogP contribution in [0.3, 0.4) is 0 Å². The predicted molar refractivity (Wildman–Crippen MR) is 127 cm³/mol. The summed E-state index contributed by atoms with van der Waals surface area (Å²) in [7, 11) is 0. The zero-order chi connectivity index (χ0) is 18.6. The lowest BCUT2D eigenvalue weighted by molar-refractivity contribution is 0.690. The summed E-state index contributed by atoms with van der Waals surface area (Å²) in [4.78, 5) is 4.16. The molecule has 152 valence electrons. The SMILES string of the molecule is Cl.Cl.Clc1ccc(Cn2cc(CNCc3cccnc3)c3ccccc32)c(Cl)c1. The number of rotatable bonds is 6. The van der Waals surface area contributed by atoms with Crippen LogP contribution in [0.5, 0.6) is 0 Å². The fraction of sp³-hybridized carbons (Fsp3) is 0.136. The molecular formula is C22H21Cl4N3. The van der Waals surface area contributed by atoms with E-state index < -0.39 is 0 Å². The lowest BCUT2D eigenvalue weighted by Crippen LogP contribution is -2.12. The van der Waals surface area contributed by atoms with E-state index >= 15 is 0 Å². The van der Waals surface area contributed by atoms with E-state index in [1.54, 1.807) is 12.3 Å². The molecule has 0 aliphatic rings. The first-order chi connectivity index (χ1) is 13.2. The van der Waals surface area contributed by atoms with Crippen molar-refractivity contribution in [2.75, 3.05) is 0 Å². The predicted octanol–water partition coefficient (Wildman–Crippen LogP) is 6.52. The van der Waals surface area contributed by atoms with E-state index in [1.807, 2.05) is 24.4 Å². The van der Waals surface area contributed by atoms with Crippen LogP contribution in [0.2, 0.25) is 10.0 Å². The molecule has 4 rings (SSSR count). The van der Waals surface area contributed by atoms with E-state index in [9.17, 15) is 0 Å². The Balaban J connectivity index is 0.00000150. The smallest absolute Gasteiger partial charge is 0.0491 e. The average Bonchev–Trinajstić information content (AvgIpc) is 3.03. The van der Waals surface area contributed by atoms with Crippen molar-refractivity contribution in [3.8, 4) is 0 Å². The van der Waals surface area contributed by atoms with Crippen LogP contribution in [0.4, 0.5) is 0 Å². The number of benzene rings is 2. The van der Waals surface area contributed by atoms with Gasteiger partial charge in [0.25, 0.3) is 0 Å². The van der Waals surface area contributed by atoms with E-state index in [0.717, 1.165) is 18.7 Å². The summed E-state index contributed by atoms with van der Waals surface area (Å²) in [6, 6.07) is 18.1. The van der Waals surface area contributed by atoms with Gasteiger partial charge in [-0.2, -0.15) is 0 Å².